The zero-order chi connectivity index (χ0) is 15.1. The van der Waals surface area contributed by atoms with Crippen LogP contribution in [0.3, 0.4) is 0 Å². The summed E-state index contributed by atoms with van der Waals surface area (Å²) in [6.07, 6.45) is 4.17. The molecule has 0 saturated carbocycles. The molecule has 0 N–H and O–H groups in total. The molecule has 0 atom stereocenters. The molecule has 1 heterocycles. The van der Waals surface area contributed by atoms with E-state index < -0.39 is 0 Å². The zero-order valence-electron chi connectivity index (χ0n) is 13.0. The van der Waals surface area contributed by atoms with Gasteiger partial charge in [-0.05, 0) is 25.8 Å². The van der Waals surface area contributed by atoms with E-state index in [0.717, 1.165) is 36.1 Å². The number of rotatable bonds is 7. The molecule has 0 bridgehead atoms. The summed E-state index contributed by atoms with van der Waals surface area (Å²) in [7, 11) is 0. The molecule has 1 aromatic carbocycles. The number of thioether (sulfide) groups is 1. The molecule has 2 aromatic rings. The molecule has 4 heteroatoms. The molecular weight excluding hydrogens is 278 g/mol. The van der Waals surface area contributed by atoms with Crippen LogP contribution < -0.4 is 0 Å². The Morgan fingerprint density at radius 2 is 1.95 bits per heavy atom. The largest absolute Gasteiger partial charge is 0.306 e. The Hall–Kier alpha value is -1.55. The van der Waals surface area contributed by atoms with Gasteiger partial charge in [0, 0.05) is 18.7 Å². The molecule has 0 fully saturated rings. The minimum absolute atomic E-state index is 0.922. The Labute approximate surface area is 131 Å². The predicted molar refractivity (Wildman–Crippen MR) is 89.7 cm³/mol. The molecule has 3 nitrogen and oxygen atoms in total. The average molecular weight is 301 g/mol. The molecule has 2 rings (SSSR count). The lowest BCUT2D eigenvalue weighted by molar-refractivity contribution is 0.606. The highest BCUT2D eigenvalue weighted by atomic mass is 32.2. The summed E-state index contributed by atoms with van der Waals surface area (Å²) < 4.78 is 2.26. The van der Waals surface area contributed by atoms with Gasteiger partial charge in [-0.3, -0.25) is 0 Å². The quantitative estimate of drug-likeness (QED) is 0.569. The Morgan fingerprint density at radius 1 is 1.19 bits per heavy atom. The third-order valence-corrected chi connectivity index (χ3v) is 4.17. The van der Waals surface area contributed by atoms with Crippen molar-refractivity contribution in [1.82, 2.24) is 14.8 Å². The van der Waals surface area contributed by atoms with E-state index in [9.17, 15) is 0 Å². The maximum atomic E-state index is 4.34. The predicted octanol–water partition coefficient (Wildman–Crippen LogP) is 4.14. The number of allylic oxidation sites excluding steroid dienone is 1. The first-order chi connectivity index (χ1) is 10.2. The van der Waals surface area contributed by atoms with E-state index in [4.69, 9.17) is 0 Å². The van der Waals surface area contributed by atoms with Crippen molar-refractivity contribution < 1.29 is 0 Å². The van der Waals surface area contributed by atoms with Crippen LogP contribution in [0.5, 0.6) is 0 Å². The van der Waals surface area contributed by atoms with Crippen LogP contribution in [-0.2, 0) is 19.4 Å². The Bertz CT molecular complexity index is 583. The Kier molecular flexibility index (Phi) is 6.05. The van der Waals surface area contributed by atoms with Gasteiger partial charge in [0.15, 0.2) is 5.16 Å². The van der Waals surface area contributed by atoms with Gasteiger partial charge >= 0.3 is 0 Å². The van der Waals surface area contributed by atoms with Crippen molar-refractivity contribution in [2.75, 3.05) is 5.75 Å². The minimum atomic E-state index is 0.922. The maximum absolute atomic E-state index is 4.34. The van der Waals surface area contributed by atoms with E-state index in [1.54, 1.807) is 11.8 Å². The fourth-order valence-electron chi connectivity index (χ4n) is 2.08. The van der Waals surface area contributed by atoms with Crippen molar-refractivity contribution >= 4 is 11.8 Å². The Morgan fingerprint density at radius 3 is 2.62 bits per heavy atom. The molecule has 0 spiro atoms. The van der Waals surface area contributed by atoms with Crippen LogP contribution in [0.4, 0.5) is 0 Å². The van der Waals surface area contributed by atoms with Crippen LogP contribution in [0, 0.1) is 0 Å². The lowest BCUT2D eigenvalue weighted by Gasteiger charge is -2.09. The third kappa shape index (κ3) is 4.74. The van der Waals surface area contributed by atoms with E-state index in [1.165, 1.54) is 11.1 Å². The minimum Gasteiger partial charge on any atom is -0.306 e. The van der Waals surface area contributed by atoms with Gasteiger partial charge in [0.1, 0.15) is 5.82 Å². The number of benzene rings is 1. The van der Waals surface area contributed by atoms with Gasteiger partial charge in [-0.25, -0.2) is 0 Å². The molecule has 0 amide bonds. The van der Waals surface area contributed by atoms with Crippen LogP contribution in [0.25, 0.3) is 0 Å². The summed E-state index contributed by atoms with van der Waals surface area (Å²) >= 11 is 1.76. The second-order valence-corrected chi connectivity index (χ2v) is 6.22. The highest BCUT2D eigenvalue weighted by molar-refractivity contribution is 7.99. The van der Waals surface area contributed by atoms with Crippen molar-refractivity contribution in [3.8, 4) is 0 Å². The standard InChI is InChI=1S/C17H23N3S/c1-4-16-18-19-17(21-13-11-14(2)3)20(16)12-10-15-8-6-5-7-9-15/h5-9,11H,4,10,12-13H2,1-3H3. The molecule has 1 aromatic heterocycles. The summed E-state index contributed by atoms with van der Waals surface area (Å²) in [5.41, 5.74) is 2.70. The van der Waals surface area contributed by atoms with E-state index >= 15 is 0 Å². The van der Waals surface area contributed by atoms with E-state index in [1.807, 2.05) is 0 Å². The molecule has 0 unspecified atom stereocenters. The average Bonchev–Trinajstić information content (AvgIpc) is 2.88. The number of aromatic nitrogens is 3. The highest BCUT2D eigenvalue weighted by Crippen LogP contribution is 2.19. The lowest BCUT2D eigenvalue weighted by Crippen LogP contribution is -2.07. The SMILES string of the molecule is CCc1nnc(SCC=C(C)C)n1CCc1ccccc1. The fourth-order valence-corrected chi connectivity index (χ4v) is 3.10. The smallest absolute Gasteiger partial charge is 0.191 e. The normalized spacial score (nSPS) is 10.6. The van der Waals surface area contributed by atoms with E-state index in [2.05, 4.69) is 71.9 Å². The summed E-state index contributed by atoms with van der Waals surface area (Å²) in [4.78, 5) is 0. The van der Waals surface area contributed by atoms with E-state index in [0.29, 0.717) is 0 Å². The van der Waals surface area contributed by atoms with Crippen molar-refractivity contribution in [3.05, 3.63) is 53.4 Å². The second-order valence-electron chi connectivity index (χ2n) is 5.23. The number of nitrogens with zero attached hydrogens (tertiary/aromatic N) is 3. The second kappa shape index (κ2) is 8.03. The zero-order valence-corrected chi connectivity index (χ0v) is 13.9. The first-order valence-corrected chi connectivity index (χ1v) is 8.41. The van der Waals surface area contributed by atoms with Gasteiger partial charge in [0.25, 0.3) is 0 Å². The highest BCUT2D eigenvalue weighted by Gasteiger charge is 2.10. The van der Waals surface area contributed by atoms with Crippen molar-refractivity contribution in [2.45, 2.75) is 45.3 Å². The molecule has 21 heavy (non-hydrogen) atoms. The van der Waals surface area contributed by atoms with Gasteiger partial charge in [-0.15, -0.1) is 10.2 Å². The molecule has 0 aliphatic heterocycles. The molecule has 112 valence electrons. The first kappa shape index (κ1) is 15.8. The molecule has 0 aliphatic rings. The van der Waals surface area contributed by atoms with Crippen molar-refractivity contribution in [1.29, 1.82) is 0 Å². The van der Waals surface area contributed by atoms with Gasteiger partial charge in [0.2, 0.25) is 0 Å². The number of hydrogen-bond acceptors (Lipinski definition) is 3. The number of hydrogen-bond donors (Lipinski definition) is 0. The monoisotopic (exact) mass is 301 g/mol. The lowest BCUT2D eigenvalue weighted by atomic mass is 10.1. The summed E-state index contributed by atoms with van der Waals surface area (Å²) in [5, 5.41) is 9.69. The fraction of sp³-hybridized carbons (Fsp3) is 0.412. The van der Waals surface area contributed by atoms with E-state index in [-0.39, 0.29) is 0 Å². The van der Waals surface area contributed by atoms with Crippen molar-refractivity contribution in [2.24, 2.45) is 0 Å². The molecule has 0 saturated heterocycles. The van der Waals surface area contributed by atoms with Crippen LogP contribution in [-0.4, -0.2) is 20.5 Å². The van der Waals surface area contributed by atoms with Crippen LogP contribution in [0.15, 0.2) is 47.1 Å². The first-order valence-electron chi connectivity index (χ1n) is 7.43. The van der Waals surface area contributed by atoms with Crippen molar-refractivity contribution in [3.63, 3.8) is 0 Å². The molecule has 0 aliphatic carbocycles. The number of aryl methyl sites for hydroxylation is 2. The summed E-state index contributed by atoms with van der Waals surface area (Å²) in [5.74, 6) is 2.03. The topological polar surface area (TPSA) is 30.7 Å². The summed E-state index contributed by atoms with van der Waals surface area (Å²) in [6, 6.07) is 10.6. The van der Waals surface area contributed by atoms with Gasteiger partial charge < -0.3 is 4.57 Å². The summed E-state index contributed by atoms with van der Waals surface area (Å²) in [6.45, 7) is 7.32. The third-order valence-electron chi connectivity index (χ3n) is 3.28. The van der Waals surface area contributed by atoms with Gasteiger partial charge in [0.05, 0.1) is 0 Å². The molecular formula is C17H23N3S. The van der Waals surface area contributed by atoms with Crippen LogP contribution in [0.1, 0.15) is 32.2 Å². The Balaban J connectivity index is 2.05. The maximum Gasteiger partial charge on any atom is 0.191 e. The van der Waals surface area contributed by atoms with Gasteiger partial charge in [-0.1, -0.05) is 60.7 Å². The molecule has 0 radical (unpaired) electrons. The van der Waals surface area contributed by atoms with Gasteiger partial charge in [-0.2, -0.15) is 0 Å². The van der Waals surface area contributed by atoms with Crippen LogP contribution in [0.2, 0.25) is 0 Å². The van der Waals surface area contributed by atoms with Crippen LogP contribution >= 0.6 is 11.8 Å².